The molecule has 7 nitrogen and oxygen atoms in total. The average molecular weight is 475 g/mol. The number of nitrogens with one attached hydrogen (secondary N) is 1. The van der Waals surface area contributed by atoms with Gasteiger partial charge in [0.15, 0.2) is 0 Å². The van der Waals surface area contributed by atoms with Crippen LogP contribution in [0, 0.1) is 6.92 Å². The molecule has 2 aromatic heterocycles. The van der Waals surface area contributed by atoms with Crippen molar-refractivity contribution in [3.8, 4) is 17.0 Å². The van der Waals surface area contributed by atoms with Gasteiger partial charge in [-0.25, -0.2) is 4.98 Å². The number of aryl methyl sites for hydroxylation is 1. The second-order valence-corrected chi connectivity index (χ2v) is 7.37. The Morgan fingerprint density at radius 3 is 2.62 bits per heavy atom. The number of alkyl halides is 3. The fourth-order valence-electron chi connectivity index (χ4n) is 3.29. The van der Waals surface area contributed by atoms with E-state index in [-0.39, 0.29) is 18.8 Å². The van der Waals surface area contributed by atoms with Crippen LogP contribution in [0.5, 0.6) is 5.88 Å². The molecule has 0 radical (unpaired) electrons. The number of aliphatic hydroxyl groups is 1. The van der Waals surface area contributed by atoms with E-state index in [1.807, 2.05) is 6.07 Å². The fourth-order valence-corrected chi connectivity index (χ4v) is 3.29. The molecule has 10 heteroatoms. The van der Waals surface area contributed by atoms with Crippen molar-refractivity contribution in [1.29, 1.82) is 0 Å². The van der Waals surface area contributed by atoms with Crippen LogP contribution in [-0.2, 0) is 17.3 Å². The maximum absolute atomic E-state index is 13.0. The van der Waals surface area contributed by atoms with Gasteiger partial charge in [0.05, 0.1) is 44.4 Å². The van der Waals surface area contributed by atoms with Crippen LogP contribution in [0.25, 0.3) is 11.1 Å². The summed E-state index contributed by atoms with van der Waals surface area (Å²) in [5, 5.41) is 11.5. The highest BCUT2D eigenvalue weighted by molar-refractivity contribution is 6.04. The number of anilines is 1. The van der Waals surface area contributed by atoms with Crippen LogP contribution in [-0.4, -0.2) is 47.9 Å². The van der Waals surface area contributed by atoms with Gasteiger partial charge in [-0.3, -0.25) is 9.78 Å². The second kappa shape index (κ2) is 11.1. The summed E-state index contributed by atoms with van der Waals surface area (Å²) in [6, 6.07) is 7.76. The first kappa shape index (κ1) is 25.1. The number of aliphatic hydroxyl groups excluding tert-OH is 1. The second-order valence-electron chi connectivity index (χ2n) is 7.37. The van der Waals surface area contributed by atoms with E-state index in [0.717, 1.165) is 23.3 Å². The van der Waals surface area contributed by atoms with Crippen LogP contribution in [0.15, 0.2) is 48.8 Å². The molecule has 0 saturated carbocycles. The molecule has 1 aromatic carbocycles. The van der Waals surface area contributed by atoms with Gasteiger partial charge in [0.1, 0.15) is 0 Å². The number of carbonyl (C=O) groups is 1. The van der Waals surface area contributed by atoms with Crippen molar-refractivity contribution in [3.63, 3.8) is 0 Å². The average Bonchev–Trinajstić information content (AvgIpc) is 2.82. The molecule has 0 bridgehead atoms. The van der Waals surface area contributed by atoms with Gasteiger partial charge in [0.25, 0.3) is 5.91 Å². The van der Waals surface area contributed by atoms with E-state index in [0.29, 0.717) is 35.9 Å². The van der Waals surface area contributed by atoms with Crippen LogP contribution >= 0.6 is 0 Å². The first-order chi connectivity index (χ1) is 16.2. The summed E-state index contributed by atoms with van der Waals surface area (Å²) in [6.07, 6.45) is -0.996. The molecule has 2 heterocycles. The quantitative estimate of drug-likeness (QED) is 0.449. The number of benzene rings is 1. The molecular weight excluding hydrogens is 451 g/mol. The Balaban J connectivity index is 1.84. The van der Waals surface area contributed by atoms with Gasteiger partial charge < -0.3 is 19.9 Å². The van der Waals surface area contributed by atoms with Crippen molar-refractivity contribution < 1.29 is 32.5 Å². The number of carbonyl (C=O) groups excluding carboxylic acids is 1. The zero-order valence-electron chi connectivity index (χ0n) is 18.6. The predicted molar refractivity (Wildman–Crippen MR) is 120 cm³/mol. The Kier molecular flexibility index (Phi) is 8.19. The highest BCUT2D eigenvalue weighted by atomic mass is 19.4. The molecule has 180 valence electrons. The SMILES string of the molecule is COc1ncc(-c2cc(NC(=O)c3cccc(C(F)(F)F)c3)cnc2C)cc1CCOCCO. The van der Waals surface area contributed by atoms with Gasteiger partial charge in [-0.2, -0.15) is 13.2 Å². The predicted octanol–water partition coefficient (Wildman–Crippen LogP) is 4.28. The zero-order valence-corrected chi connectivity index (χ0v) is 18.6. The minimum Gasteiger partial charge on any atom is -0.481 e. The number of hydrogen-bond acceptors (Lipinski definition) is 6. The molecule has 0 aliphatic heterocycles. The number of methoxy groups -OCH3 is 1. The third-order valence-corrected chi connectivity index (χ3v) is 4.98. The number of halogens is 3. The third-order valence-electron chi connectivity index (χ3n) is 4.98. The number of nitrogens with zero attached hydrogens (tertiary/aromatic N) is 2. The Morgan fingerprint density at radius 2 is 1.91 bits per heavy atom. The summed E-state index contributed by atoms with van der Waals surface area (Å²) in [5.41, 5.74) is 2.18. The van der Waals surface area contributed by atoms with Crippen molar-refractivity contribution >= 4 is 11.6 Å². The van der Waals surface area contributed by atoms with Crippen molar-refractivity contribution in [1.82, 2.24) is 9.97 Å². The highest BCUT2D eigenvalue weighted by Gasteiger charge is 2.30. The smallest absolute Gasteiger partial charge is 0.416 e. The first-order valence-corrected chi connectivity index (χ1v) is 10.4. The standard InChI is InChI=1S/C24H24F3N3O4/c1-15-21(18-10-17(6-8-34-9-7-31)23(33-2)29-13-18)12-20(14-28-15)30-22(32)16-4-3-5-19(11-16)24(25,26)27/h3-5,10-14,31H,6-9H2,1-2H3,(H,30,32). The molecule has 3 rings (SSSR count). The van der Waals surface area contributed by atoms with E-state index in [2.05, 4.69) is 15.3 Å². The van der Waals surface area contributed by atoms with Crippen molar-refractivity contribution in [3.05, 3.63) is 71.2 Å². The minimum atomic E-state index is -4.54. The molecule has 3 aromatic rings. The minimum absolute atomic E-state index is 0.0701. The van der Waals surface area contributed by atoms with Crippen LogP contribution in [0.3, 0.4) is 0 Å². The molecule has 0 saturated heterocycles. The molecule has 0 unspecified atom stereocenters. The maximum Gasteiger partial charge on any atom is 0.416 e. The lowest BCUT2D eigenvalue weighted by atomic mass is 10.0. The molecule has 0 fully saturated rings. The monoisotopic (exact) mass is 475 g/mol. The molecule has 1 amide bonds. The Bertz CT molecular complexity index is 1150. The van der Waals surface area contributed by atoms with E-state index in [1.54, 1.807) is 19.2 Å². The normalized spacial score (nSPS) is 11.4. The molecule has 2 N–H and O–H groups in total. The number of hydrogen-bond donors (Lipinski definition) is 2. The largest absolute Gasteiger partial charge is 0.481 e. The van der Waals surface area contributed by atoms with E-state index < -0.39 is 17.6 Å². The lowest BCUT2D eigenvalue weighted by Crippen LogP contribution is -2.14. The van der Waals surface area contributed by atoms with Gasteiger partial charge in [-0.1, -0.05) is 6.07 Å². The third kappa shape index (κ3) is 6.30. The number of aromatic nitrogens is 2. The van der Waals surface area contributed by atoms with Crippen LogP contribution in [0.1, 0.15) is 27.2 Å². The fraction of sp³-hybridized carbons (Fsp3) is 0.292. The molecule has 0 spiro atoms. The van der Waals surface area contributed by atoms with E-state index in [4.69, 9.17) is 14.6 Å². The molecule has 0 aliphatic rings. The highest BCUT2D eigenvalue weighted by Crippen LogP contribution is 2.31. The van der Waals surface area contributed by atoms with Gasteiger partial charge in [0.2, 0.25) is 5.88 Å². The number of ether oxygens (including phenoxy) is 2. The van der Waals surface area contributed by atoms with E-state index in [1.165, 1.54) is 25.4 Å². The van der Waals surface area contributed by atoms with Crippen LogP contribution < -0.4 is 10.1 Å². The van der Waals surface area contributed by atoms with Crippen molar-refractivity contribution in [2.45, 2.75) is 19.5 Å². The van der Waals surface area contributed by atoms with Gasteiger partial charge >= 0.3 is 6.18 Å². The summed E-state index contributed by atoms with van der Waals surface area (Å²) >= 11 is 0. The molecular formula is C24H24F3N3O4. The van der Waals surface area contributed by atoms with Gasteiger partial charge in [-0.15, -0.1) is 0 Å². The Labute approximate surface area is 194 Å². The molecule has 34 heavy (non-hydrogen) atoms. The van der Waals surface area contributed by atoms with Crippen molar-refractivity contribution in [2.24, 2.45) is 0 Å². The molecule has 0 atom stereocenters. The topological polar surface area (TPSA) is 93.6 Å². The summed E-state index contributed by atoms with van der Waals surface area (Å²) in [6.45, 7) is 2.32. The molecule has 0 aliphatic carbocycles. The summed E-state index contributed by atoms with van der Waals surface area (Å²) in [5.74, 6) is -0.242. The Hall–Kier alpha value is -3.50. The number of pyridine rings is 2. The van der Waals surface area contributed by atoms with Gasteiger partial charge in [-0.05, 0) is 37.3 Å². The van der Waals surface area contributed by atoms with Crippen LogP contribution in [0.2, 0.25) is 0 Å². The summed E-state index contributed by atoms with van der Waals surface area (Å²) in [7, 11) is 1.51. The van der Waals surface area contributed by atoms with E-state index >= 15 is 0 Å². The lowest BCUT2D eigenvalue weighted by Gasteiger charge is -2.13. The van der Waals surface area contributed by atoms with Gasteiger partial charge in [0, 0.05) is 40.6 Å². The first-order valence-electron chi connectivity index (χ1n) is 10.4. The number of amides is 1. The number of rotatable bonds is 9. The lowest BCUT2D eigenvalue weighted by molar-refractivity contribution is -0.137. The summed E-state index contributed by atoms with van der Waals surface area (Å²) < 4.78 is 49.6. The van der Waals surface area contributed by atoms with E-state index in [9.17, 15) is 18.0 Å². The van der Waals surface area contributed by atoms with Crippen LogP contribution in [0.4, 0.5) is 18.9 Å². The van der Waals surface area contributed by atoms with Crippen molar-refractivity contribution in [2.75, 3.05) is 32.2 Å². The zero-order chi connectivity index (χ0) is 24.7. The summed E-state index contributed by atoms with van der Waals surface area (Å²) in [4.78, 5) is 21.2. The Morgan fingerprint density at radius 1 is 1.12 bits per heavy atom. The maximum atomic E-state index is 13.0.